The van der Waals surface area contributed by atoms with Crippen molar-refractivity contribution in [1.82, 2.24) is 10.6 Å². The molecule has 0 amide bonds. The number of rotatable bonds is 13. The fraction of sp³-hybridized carbons (Fsp3) is 0.688. The Bertz CT molecular complexity index is 612. The average molecular weight is 535 g/mol. The number of aliphatic hydroxyl groups is 1. The number of halogens is 1. The Hall–Kier alpha value is -0.470. The summed E-state index contributed by atoms with van der Waals surface area (Å²) >= 11 is 1.15. The summed E-state index contributed by atoms with van der Waals surface area (Å²) in [6.07, 6.45) is -0.265. The molecule has 158 valence electrons. The van der Waals surface area contributed by atoms with Gasteiger partial charge in [0.1, 0.15) is 4.21 Å². The fourth-order valence-electron chi connectivity index (χ4n) is 1.99. The predicted octanol–water partition coefficient (Wildman–Crippen LogP) is 1.11. The number of aliphatic imine (C=N–C) groups is 1. The van der Waals surface area contributed by atoms with Gasteiger partial charge < -0.3 is 25.2 Å². The first-order valence-electron chi connectivity index (χ1n) is 8.52. The monoisotopic (exact) mass is 535 g/mol. The summed E-state index contributed by atoms with van der Waals surface area (Å²) in [6, 6.07) is 3.21. The van der Waals surface area contributed by atoms with Crippen molar-refractivity contribution in [2.45, 2.75) is 23.7 Å². The summed E-state index contributed by atoms with van der Waals surface area (Å²) in [5.41, 5.74) is 0. The number of guanidine groups is 1. The molecule has 0 saturated carbocycles. The maximum absolute atomic E-state index is 12.1. The zero-order valence-electron chi connectivity index (χ0n) is 15.7. The summed E-state index contributed by atoms with van der Waals surface area (Å²) in [5.74, 6) is 0.195. The van der Waals surface area contributed by atoms with E-state index in [-0.39, 0.29) is 40.5 Å². The first kappa shape index (κ1) is 26.5. The molecular formula is C16H30IN3O5S2. The van der Waals surface area contributed by atoms with E-state index in [1.807, 2.05) is 6.92 Å². The van der Waals surface area contributed by atoms with Gasteiger partial charge in [0.05, 0.1) is 31.6 Å². The fourth-order valence-corrected chi connectivity index (χ4v) is 4.46. The van der Waals surface area contributed by atoms with E-state index in [2.05, 4.69) is 15.6 Å². The molecule has 0 spiro atoms. The van der Waals surface area contributed by atoms with E-state index >= 15 is 0 Å². The molecule has 1 aromatic rings. The van der Waals surface area contributed by atoms with Gasteiger partial charge in [0, 0.05) is 26.8 Å². The van der Waals surface area contributed by atoms with Gasteiger partial charge in [-0.15, -0.1) is 35.3 Å². The minimum absolute atomic E-state index is 0. The number of methoxy groups -OCH3 is 1. The number of hydrogen-bond donors (Lipinski definition) is 3. The van der Waals surface area contributed by atoms with Gasteiger partial charge in [0.25, 0.3) is 0 Å². The van der Waals surface area contributed by atoms with E-state index in [1.165, 1.54) is 6.07 Å². The molecule has 1 aromatic heterocycles. The van der Waals surface area contributed by atoms with Crippen molar-refractivity contribution in [1.29, 1.82) is 0 Å². The van der Waals surface area contributed by atoms with Crippen LogP contribution in [-0.2, 0) is 19.3 Å². The lowest BCUT2D eigenvalue weighted by Crippen LogP contribution is -2.39. The molecule has 8 nitrogen and oxygen atoms in total. The van der Waals surface area contributed by atoms with Gasteiger partial charge in [-0.1, -0.05) is 6.07 Å². The molecular weight excluding hydrogens is 505 g/mol. The Kier molecular flexibility index (Phi) is 15.2. The molecule has 1 heterocycles. The molecule has 0 saturated heterocycles. The largest absolute Gasteiger partial charge is 0.390 e. The number of sulfone groups is 1. The third-order valence-corrected chi connectivity index (χ3v) is 6.49. The molecule has 0 radical (unpaired) electrons. The van der Waals surface area contributed by atoms with Gasteiger partial charge >= 0.3 is 0 Å². The van der Waals surface area contributed by atoms with E-state index in [0.29, 0.717) is 38.9 Å². The molecule has 3 N–H and O–H groups in total. The zero-order valence-corrected chi connectivity index (χ0v) is 19.7. The smallest absolute Gasteiger partial charge is 0.191 e. The Morgan fingerprint density at radius 2 is 2.11 bits per heavy atom. The van der Waals surface area contributed by atoms with Gasteiger partial charge in [0.15, 0.2) is 15.8 Å². The second kappa shape index (κ2) is 15.5. The molecule has 27 heavy (non-hydrogen) atoms. The van der Waals surface area contributed by atoms with Crippen molar-refractivity contribution in [2.75, 3.05) is 52.3 Å². The second-order valence-electron chi connectivity index (χ2n) is 5.47. The number of aliphatic hydroxyl groups excluding tert-OH is 1. The van der Waals surface area contributed by atoms with E-state index in [1.54, 1.807) is 18.6 Å². The predicted molar refractivity (Wildman–Crippen MR) is 119 cm³/mol. The normalized spacial score (nSPS) is 13.1. The molecule has 0 aliphatic heterocycles. The van der Waals surface area contributed by atoms with Crippen LogP contribution in [0.4, 0.5) is 0 Å². The minimum Gasteiger partial charge on any atom is -0.390 e. The Labute approximate surface area is 182 Å². The molecule has 0 bridgehead atoms. The summed E-state index contributed by atoms with van der Waals surface area (Å²) in [7, 11) is -1.85. The van der Waals surface area contributed by atoms with Gasteiger partial charge in [-0.3, -0.25) is 4.99 Å². The molecule has 1 unspecified atom stereocenters. The first-order valence-corrected chi connectivity index (χ1v) is 11.1. The minimum atomic E-state index is -3.48. The lowest BCUT2D eigenvalue weighted by Gasteiger charge is -2.13. The number of nitrogens with zero attached hydrogens (tertiary/aromatic N) is 1. The van der Waals surface area contributed by atoms with Crippen LogP contribution in [-0.4, -0.2) is 77.9 Å². The average Bonchev–Trinajstić information content (AvgIpc) is 3.14. The van der Waals surface area contributed by atoms with E-state index in [4.69, 9.17) is 9.47 Å². The van der Waals surface area contributed by atoms with Crippen molar-refractivity contribution in [3.63, 3.8) is 0 Å². The van der Waals surface area contributed by atoms with Crippen molar-refractivity contribution in [2.24, 2.45) is 4.99 Å². The quantitative estimate of drug-likeness (QED) is 0.150. The van der Waals surface area contributed by atoms with Crippen LogP contribution < -0.4 is 10.6 Å². The molecule has 0 aliphatic carbocycles. The van der Waals surface area contributed by atoms with Crippen LogP contribution in [0, 0.1) is 0 Å². The lowest BCUT2D eigenvalue weighted by molar-refractivity contribution is 0.0698. The van der Waals surface area contributed by atoms with Gasteiger partial charge in [-0.2, -0.15) is 0 Å². The highest BCUT2D eigenvalue weighted by molar-refractivity contribution is 14.0. The van der Waals surface area contributed by atoms with E-state index in [9.17, 15) is 13.5 Å². The molecule has 11 heteroatoms. The summed E-state index contributed by atoms with van der Waals surface area (Å²) < 4.78 is 34.8. The number of ether oxygens (including phenoxy) is 2. The van der Waals surface area contributed by atoms with Crippen molar-refractivity contribution >= 4 is 51.1 Å². The van der Waals surface area contributed by atoms with Crippen molar-refractivity contribution < 1.29 is 23.0 Å². The van der Waals surface area contributed by atoms with Crippen LogP contribution in [0.15, 0.2) is 26.7 Å². The zero-order chi connectivity index (χ0) is 19.3. The molecule has 1 atom stereocenters. The van der Waals surface area contributed by atoms with Crippen LogP contribution in [0.1, 0.15) is 13.3 Å². The molecule has 0 fully saturated rings. The maximum atomic E-state index is 12.1. The van der Waals surface area contributed by atoms with Crippen molar-refractivity contribution in [3.05, 3.63) is 17.5 Å². The Morgan fingerprint density at radius 1 is 1.33 bits per heavy atom. The van der Waals surface area contributed by atoms with Gasteiger partial charge in [-0.05, 0) is 24.8 Å². The standard InChI is InChI=1S/C16H29N3O5S2.HI/c1-3-17-16(18-7-5-8-24-10-9-23-2)19-12-14(20)13-26(21,22)15-6-4-11-25-15;/h4,6,11,14,20H,3,5,7-10,12-13H2,1-2H3,(H2,17,18,19);1H. The molecule has 1 rings (SSSR count). The highest BCUT2D eigenvalue weighted by Gasteiger charge is 2.20. The second-order valence-corrected chi connectivity index (χ2v) is 8.68. The SMILES string of the molecule is CCNC(=NCC(O)CS(=O)(=O)c1cccs1)NCCCOCCOC.I. The summed E-state index contributed by atoms with van der Waals surface area (Å²) in [5, 5.41) is 17.9. The van der Waals surface area contributed by atoms with Gasteiger partial charge in [-0.25, -0.2) is 8.42 Å². The van der Waals surface area contributed by atoms with Crippen LogP contribution in [0.2, 0.25) is 0 Å². The van der Waals surface area contributed by atoms with Crippen LogP contribution in [0.3, 0.4) is 0 Å². The van der Waals surface area contributed by atoms with E-state index in [0.717, 1.165) is 17.8 Å². The molecule has 0 aliphatic rings. The van der Waals surface area contributed by atoms with Crippen LogP contribution in [0.5, 0.6) is 0 Å². The first-order chi connectivity index (χ1) is 12.5. The highest BCUT2D eigenvalue weighted by atomic mass is 127. The summed E-state index contributed by atoms with van der Waals surface area (Å²) in [6.45, 7) is 5.01. The molecule has 0 aromatic carbocycles. The third kappa shape index (κ3) is 11.9. The lowest BCUT2D eigenvalue weighted by atomic mass is 10.4. The van der Waals surface area contributed by atoms with E-state index < -0.39 is 15.9 Å². The maximum Gasteiger partial charge on any atom is 0.191 e. The van der Waals surface area contributed by atoms with Crippen molar-refractivity contribution in [3.8, 4) is 0 Å². The Morgan fingerprint density at radius 3 is 2.74 bits per heavy atom. The number of nitrogens with one attached hydrogen (secondary N) is 2. The highest BCUT2D eigenvalue weighted by Crippen LogP contribution is 2.18. The Balaban J connectivity index is 0.00000676. The topological polar surface area (TPSA) is 109 Å². The number of hydrogen-bond acceptors (Lipinski definition) is 7. The van der Waals surface area contributed by atoms with Crippen LogP contribution in [0.25, 0.3) is 0 Å². The van der Waals surface area contributed by atoms with Crippen LogP contribution >= 0.6 is 35.3 Å². The number of thiophene rings is 1. The van der Waals surface area contributed by atoms with Gasteiger partial charge in [0.2, 0.25) is 0 Å². The summed E-state index contributed by atoms with van der Waals surface area (Å²) in [4.78, 5) is 4.25. The third-order valence-electron chi connectivity index (χ3n) is 3.21.